The highest BCUT2D eigenvalue weighted by molar-refractivity contribution is 6.04. The van der Waals surface area contributed by atoms with Crippen LogP contribution in [0.5, 0.6) is 5.75 Å². The van der Waals surface area contributed by atoms with Gasteiger partial charge in [-0.25, -0.2) is 0 Å². The lowest BCUT2D eigenvalue weighted by molar-refractivity contribution is -0.118. The molecule has 0 unspecified atom stereocenters. The van der Waals surface area contributed by atoms with Crippen molar-refractivity contribution in [3.8, 4) is 18.1 Å². The van der Waals surface area contributed by atoms with Crippen LogP contribution in [0, 0.1) is 26.2 Å². The van der Waals surface area contributed by atoms with Gasteiger partial charge >= 0.3 is 0 Å². The minimum atomic E-state index is -0.349. The van der Waals surface area contributed by atoms with Crippen LogP contribution in [0.1, 0.15) is 21.5 Å². The number of hydrogen-bond donors (Lipinski definition) is 2. The SMILES string of the molecule is C#CCNC(=O)c1ccccc1NC(=O)COc1cc(C)ccc1C. The van der Waals surface area contributed by atoms with E-state index in [1.807, 2.05) is 32.0 Å². The maximum atomic E-state index is 12.2. The van der Waals surface area contributed by atoms with Crippen LogP contribution in [-0.4, -0.2) is 25.0 Å². The molecule has 0 spiro atoms. The molecule has 0 aliphatic carbocycles. The van der Waals surface area contributed by atoms with E-state index in [1.54, 1.807) is 24.3 Å². The second-order valence-corrected chi connectivity index (χ2v) is 5.54. The molecule has 0 heterocycles. The molecular formula is C20H20N2O3. The van der Waals surface area contributed by atoms with Crippen molar-refractivity contribution in [3.05, 3.63) is 59.2 Å². The van der Waals surface area contributed by atoms with Crippen molar-refractivity contribution in [2.24, 2.45) is 0 Å². The standard InChI is InChI=1S/C20H20N2O3/c1-4-11-21-20(24)16-7-5-6-8-17(16)22-19(23)13-25-18-12-14(2)9-10-15(18)3/h1,5-10,12H,11,13H2,2-3H3,(H,21,24)(H,22,23). The molecule has 5 heteroatoms. The lowest BCUT2D eigenvalue weighted by atomic mass is 10.1. The van der Waals surface area contributed by atoms with Gasteiger partial charge in [-0.2, -0.15) is 0 Å². The highest BCUT2D eigenvalue weighted by Gasteiger charge is 2.13. The Kier molecular flexibility index (Phi) is 6.19. The molecule has 5 nitrogen and oxygen atoms in total. The number of nitrogens with one attached hydrogen (secondary N) is 2. The first-order valence-corrected chi connectivity index (χ1v) is 7.82. The quantitative estimate of drug-likeness (QED) is 0.797. The Hall–Kier alpha value is -3.26. The summed E-state index contributed by atoms with van der Waals surface area (Å²) in [6.45, 7) is 3.84. The van der Waals surface area contributed by atoms with E-state index in [9.17, 15) is 9.59 Å². The number of ether oxygens (including phenoxy) is 1. The number of para-hydroxylation sites is 1. The molecule has 2 aromatic rings. The van der Waals surface area contributed by atoms with Crippen LogP contribution >= 0.6 is 0 Å². The largest absolute Gasteiger partial charge is 0.483 e. The number of terminal acetylenes is 1. The van der Waals surface area contributed by atoms with Gasteiger partial charge in [0.1, 0.15) is 5.75 Å². The van der Waals surface area contributed by atoms with Gasteiger partial charge in [0.15, 0.2) is 6.61 Å². The minimum absolute atomic E-state index is 0.122. The fraction of sp³-hybridized carbons (Fsp3) is 0.200. The zero-order chi connectivity index (χ0) is 18.2. The van der Waals surface area contributed by atoms with Crippen LogP contribution in [-0.2, 0) is 4.79 Å². The van der Waals surface area contributed by atoms with E-state index in [0.717, 1.165) is 11.1 Å². The average molecular weight is 336 g/mol. The minimum Gasteiger partial charge on any atom is -0.483 e. The summed E-state index contributed by atoms with van der Waals surface area (Å²) in [4.78, 5) is 24.2. The molecule has 2 amide bonds. The van der Waals surface area contributed by atoms with Gasteiger partial charge in [0.25, 0.3) is 11.8 Å². The summed E-state index contributed by atoms with van der Waals surface area (Å²) in [5, 5.41) is 5.27. The molecule has 0 bridgehead atoms. The number of carbonyl (C=O) groups excluding carboxylic acids is 2. The Morgan fingerprint density at radius 1 is 1.16 bits per heavy atom. The highest BCUT2D eigenvalue weighted by atomic mass is 16.5. The summed E-state index contributed by atoms with van der Waals surface area (Å²) >= 11 is 0. The lowest BCUT2D eigenvalue weighted by Gasteiger charge is -2.12. The lowest BCUT2D eigenvalue weighted by Crippen LogP contribution is -2.26. The third kappa shape index (κ3) is 5.11. The number of rotatable bonds is 6. The van der Waals surface area contributed by atoms with Crippen molar-refractivity contribution >= 4 is 17.5 Å². The third-order valence-corrected chi connectivity index (χ3v) is 3.50. The first-order valence-electron chi connectivity index (χ1n) is 7.82. The molecule has 0 saturated carbocycles. The molecule has 0 radical (unpaired) electrons. The Balaban J connectivity index is 2.02. The van der Waals surface area contributed by atoms with Gasteiger partial charge < -0.3 is 15.4 Å². The van der Waals surface area contributed by atoms with Gasteiger partial charge in [-0.1, -0.05) is 30.2 Å². The summed E-state index contributed by atoms with van der Waals surface area (Å²) in [5.74, 6) is 2.31. The molecule has 0 saturated heterocycles. The maximum absolute atomic E-state index is 12.2. The number of amides is 2. The number of carbonyl (C=O) groups is 2. The molecular weight excluding hydrogens is 316 g/mol. The average Bonchev–Trinajstić information content (AvgIpc) is 2.61. The first-order chi connectivity index (χ1) is 12.0. The Morgan fingerprint density at radius 3 is 2.68 bits per heavy atom. The molecule has 0 fully saturated rings. The van der Waals surface area contributed by atoms with Gasteiger partial charge in [0.2, 0.25) is 0 Å². The Bertz CT molecular complexity index is 822. The van der Waals surface area contributed by atoms with Gasteiger partial charge in [0.05, 0.1) is 17.8 Å². The van der Waals surface area contributed by atoms with Crippen LogP contribution in [0.3, 0.4) is 0 Å². The normalized spacial score (nSPS) is 9.80. The summed E-state index contributed by atoms with van der Waals surface area (Å²) in [5.41, 5.74) is 2.76. The topological polar surface area (TPSA) is 67.4 Å². The third-order valence-electron chi connectivity index (χ3n) is 3.50. The zero-order valence-corrected chi connectivity index (χ0v) is 14.3. The first kappa shape index (κ1) is 18.1. The molecule has 2 rings (SSSR count). The molecule has 0 aliphatic rings. The Labute approximate surface area is 147 Å². The summed E-state index contributed by atoms with van der Waals surface area (Å²) in [7, 11) is 0. The molecule has 0 aliphatic heterocycles. The van der Waals surface area contributed by atoms with E-state index in [-0.39, 0.29) is 25.0 Å². The Morgan fingerprint density at radius 2 is 1.92 bits per heavy atom. The van der Waals surface area contributed by atoms with Crippen LogP contribution in [0.4, 0.5) is 5.69 Å². The summed E-state index contributed by atoms with van der Waals surface area (Å²) < 4.78 is 5.58. The molecule has 0 atom stereocenters. The van der Waals surface area contributed by atoms with Crippen molar-refractivity contribution in [2.75, 3.05) is 18.5 Å². The van der Waals surface area contributed by atoms with Gasteiger partial charge in [-0.05, 0) is 43.2 Å². The van der Waals surface area contributed by atoms with Crippen molar-refractivity contribution < 1.29 is 14.3 Å². The second-order valence-electron chi connectivity index (χ2n) is 5.54. The van der Waals surface area contributed by atoms with E-state index >= 15 is 0 Å². The van der Waals surface area contributed by atoms with E-state index in [1.165, 1.54) is 0 Å². The highest BCUT2D eigenvalue weighted by Crippen LogP contribution is 2.19. The van der Waals surface area contributed by atoms with Gasteiger partial charge in [0, 0.05) is 0 Å². The zero-order valence-electron chi connectivity index (χ0n) is 14.3. The molecule has 0 aromatic heterocycles. The van der Waals surface area contributed by atoms with E-state index < -0.39 is 0 Å². The second kappa shape index (κ2) is 8.55. The van der Waals surface area contributed by atoms with Crippen LogP contribution in [0.15, 0.2) is 42.5 Å². The molecule has 2 N–H and O–H groups in total. The van der Waals surface area contributed by atoms with Gasteiger partial charge in [-0.3, -0.25) is 9.59 Å². The number of anilines is 1. The van der Waals surface area contributed by atoms with Crippen LogP contribution < -0.4 is 15.4 Å². The van der Waals surface area contributed by atoms with Crippen molar-refractivity contribution in [1.29, 1.82) is 0 Å². The van der Waals surface area contributed by atoms with Crippen molar-refractivity contribution in [2.45, 2.75) is 13.8 Å². The summed E-state index contributed by atoms with van der Waals surface area (Å²) in [6, 6.07) is 12.5. The fourth-order valence-corrected chi connectivity index (χ4v) is 2.21. The van der Waals surface area contributed by atoms with E-state index in [0.29, 0.717) is 17.0 Å². The maximum Gasteiger partial charge on any atom is 0.262 e. The predicted octanol–water partition coefficient (Wildman–Crippen LogP) is 2.68. The number of hydrogen-bond acceptors (Lipinski definition) is 3. The summed E-state index contributed by atoms with van der Waals surface area (Å²) in [6.07, 6.45) is 5.14. The monoisotopic (exact) mass is 336 g/mol. The van der Waals surface area contributed by atoms with E-state index in [4.69, 9.17) is 11.2 Å². The van der Waals surface area contributed by atoms with Crippen LogP contribution in [0.25, 0.3) is 0 Å². The number of aryl methyl sites for hydroxylation is 2. The smallest absolute Gasteiger partial charge is 0.262 e. The molecule has 25 heavy (non-hydrogen) atoms. The van der Waals surface area contributed by atoms with Crippen LogP contribution in [0.2, 0.25) is 0 Å². The fourth-order valence-electron chi connectivity index (χ4n) is 2.21. The van der Waals surface area contributed by atoms with Crippen molar-refractivity contribution in [3.63, 3.8) is 0 Å². The van der Waals surface area contributed by atoms with E-state index in [2.05, 4.69) is 16.6 Å². The van der Waals surface area contributed by atoms with Gasteiger partial charge in [-0.15, -0.1) is 6.42 Å². The molecule has 2 aromatic carbocycles. The predicted molar refractivity (Wildman–Crippen MR) is 97.6 cm³/mol. The molecule has 128 valence electrons. The van der Waals surface area contributed by atoms with Crippen molar-refractivity contribution in [1.82, 2.24) is 5.32 Å². The number of benzene rings is 2.